The molecule has 5 heterocycles. The molecule has 1 saturated heterocycles. The molecule has 5 atom stereocenters. The monoisotopic (exact) mass is 762 g/mol. The lowest BCUT2D eigenvalue weighted by atomic mass is 10.0. The van der Waals surface area contributed by atoms with E-state index in [-0.39, 0.29) is 42.2 Å². The Morgan fingerprint density at radius 2 is 1.94 bits per heavy atom. The van der Waals surface area contributed by atoms with E-state index in [9.17, 15) is 32.0 Å². The zero-order valence-corrected chi connectivity index (χ0v) is 30.2. The van der Waals surface area contributed by atoms with Crippen LogP contribution in [0, 0.1) is 11.7 Å². The number of allylic oxidation sites excluding steroid dienone is 1. The van der Waals surface area contributed by atoms with Gasteiger partial charge in [-0.05, 0) is 68.9 Å². The fourth-order valence-electron chi connectivity index (χ4n) is 7.44. The van der Waals surface area contributed by atoms with Crippen molar-refractivity contribution in [2.75, 3.05) is 6.54 Å². The van der Waals surface area contributed by atoms with Gasteiger partial charge in [0.2, 0.25) is 33.3 Å². The van der Waals surface area contributed by atoms with Crippen LogP contribution in [0.4, 0.5) is 4.39 Å². The number of furan rings is 2. The summed E-state index contributed by atoms with van der Waals surface area (Å²) in [7, 11) is -3.92. The molecule has 0 radical (unpaired) electrons. The van der Waals surface area contributed by atoms with Crippen LogP contribution in [0.5, 0.6) is 5.88 Å². The number of carbonyl (C=O) groups is 4. The number of aromatic nitrogens is 2. The van der Waals surface area contributed by atoms with Gasteiger partial charge in [0.05, 0.1) is 18.1 Å². The standard InChI is InChI=1S/C37H39FN6O9S/c1-20(45)39-26-9-6-4-2-3-5-8-21-18-37(21,36(48)43-54(49,50)24-12-13-24)42-33(46)27-17-23(19-44(27)35(26)47)52-34-31-30(25-16-22(38)11-14-28(25)53-31)40-32(41-34)29-10-7-15-51-29/h5,7-8,10-11,14-16,21,23-24,26-27H,2-4,6,9,12-13,17-19H2,1H3,(H,39,45)(H,42,46)(H,43,48)/t21-,23-,26+,27+,37-/m1/s1. The van der Waals surface area contributed by atoms with Gasteiger partial charge in [0.15, 0.2) is 11.6 Å². The molecule has 3 aromatic heterocycles. The third-order valence-corrected chi connectivity index (χ3v) is 12.3. The Hall–Kier alpha value is -5.32. The number of sulfonamides is 1. The highest BCUT2D eigenvalue weighted by Gasteiger charge is 2.62. The van der Waals surface area contributed by atoms with Gasteiger partial charge >= 0.3 is 0 Å². The van der Waals surface area contributed by atoms with Crippen LogP contribution >= 0.6 is 0 Å². The summed E-state index contributed by atoms with van der Waals surface area (Å²) in [5.41, 5.74) is -0.840. The second-order valence-electron chi connectivity index (χ2n) is 14.5. The minimum absolute atomic E-state index is 0.0319. The van der Waals surface area contributed by atoms with E-state index in [4.69, 9.17) is 13.6 Å². The maximum atomic E-state index is 14.4. The Bertz CT molecular complexity index is 2290. The van der Waals surface area contributed by atoms with E-state index in [1.165, 1.54) is 36.3 Å². The Kier molecular flexibility index (Phi) is 9.14. The Labute approximate surface area is 309 Å². The lowest BCUT2D eigenvalue weighted by Crippen LogP contribution is -2.58. The number of ether oxygens (including phenoxy) is 1. The van der Waals surface area contributed by atoms with E-state index in [2.05, 4.69) is 25.3 Å². The Morgan fingerprint density at radius 3 is 2.70 bits per heavy atom. The van der Waals surface area contributed by atoms with Crippen molar-refractivity contribution in [2.24, 2.45) is 5.92 Å². The Morgan fingerprint density at radius 1 is 1.11 bits per heavy atom. The van der Waals surface area contributed by atoms with E-state index in [0.29, 0.717) is 48.8 Å². The third kappa shape index (κ3) is 6.92. The molecule has 17 heteroatoms. The van der Waals surface area contributed by atoms with E-state index in [1.54, 1.807) is 12.1 Å². The molecule has 2 aliphatic heterocycles. The molecule has 15 nitrogen and oxygen atoms in total. The van der Waals surface area contributed by atoms with Gasteiger partial charge in [-0.25, -0.2) is 17.8 Å². The summed E-state index contributed by atoms with van der Waals surface area (Å²) in [6.45, 7) is 1.21. The van der Waals surface area contributed by atoms with E-state index in [0.717, 1.165) is 12.8 Å². The first kappa shape index (κ1) is 35.7. The molecular formula is C37H39FN6O9S. The highest BCUT2D eigenvalue weighted by atomic mass is 32.2. The summed E-state index contributed by atoms with van der Waals surface area (Å²) in [6, 6.07) is 5.18. The van der Waals surface area contributed by atoms with Crippen molar-refractivity contribution in [3.05, 3.63) is 54.6 Å². The quantitative estimate of drug-likeness (QED) is 0.232. The number of hydrogen-bond acceptors (Lipinski definition) is 11. The fourth-order valence-corrected chi connectivity index (χ4v) is 8.80. The summed E-state index contributed by atoms with van der Waals surface area (Å²) in [5.74, 6) is -2.98. The number of halogens is 1. The number of carbonyl (C=O) groups excluding carboxylic acids is 4. The largest absolute Gasteiger partial charge is 0.470 e. The van der Waals surface area contributed by atoms with Crippen molar-refractivity contribution < 1.29 is 45.6 Å². The molecule has 2 saturated carbocycles. The first-order valence-corrected chi connectivity index (χ1v) is 19.7. The van der Waals surface area contributed by atoms with Gasteiger partial charge in [-0.1, -0.05) is 25.0 Å². The van der Waals surface area contributed by atoms with Crippen molar-refractivity contribution in [1.82, 2.24) is 30.2 Å². The van der Waals surface area contributed by atoms with Crippen molar-refractivity contribution in [2.45, 2.75) is 93.7 Å². The minimum atomic E-state index is -3.92. The summed E-state index contributed by atoms with van der Waals surface area (Å²) in [6.07, 6.45) is 8.58. The van der Waals surface area contributed by atoms with Crippen LogP contribution in [-0.4, -0.2) is 82.4 Å². The molecule has 4 amide bonds. The predicted octanol–water partition coefficient (Wildman–Crippen LogP) is 3.63. The Balaban J connectivity index is 1.14. The van der Waals surface area contributed by atoms with Gasteiger partial charge in [-0.3, -0.25) is 23.9 Å². The van der Waals surface area contributed by atoms with Crippen LogP contribution in [0.25, 0.3) is 33.7 Å². The topological polar surface area (TPSA) is 203 Å². The normalized spacial score (nSPS) is 26.4. The molecule has 2 aliphatic carbocycles. The molecule has 54 heavy (non-hydrogen) atoms. The van der Waals surface area contributed by atoms with Crippen molar-refractivity contribution in [1.29, 1.82) is 0 Å². The lowest BCUT2D eigenvalue weighted by Gasteiger charge is -2.29. The van der Waals surface area contributed by atoms with Crippen LogP contribution in [0.2, 0.25) is 0 Å². The van der Waals surface area contributed by atoms with Crippen LogP contribution in [0.1, 0.15) is 64.7 Å². The maximum Gasteiger partial charge on any atom is 0.262 e. The average Bonchev–Trinajstić information content (AvgIpc) is 3.93. The number of nitrogens with zero attached hydrogens (tertiary/aromatic N) is 3. The second-order valence-corrected chi connectivity index (χ2v) is 16.5. The van der Waals surface area contributed by atoms with Gasteiger partial charge in [-0.15, -0.1) is 0 Å². The van der Waals surface area contributed by atoms with Crippen LogP contribution in [0.15, 0.2) is 57.6 Å². The zero-order chi connectivity index (χ0) is 37.8. The molecule has 0 spiro atoms. The third-order valence-electron chi connectivity index (χ3n) is 10.5. The minimum Gasteiger partial charge on any atom is -0.470 e. The predicted molar refractivity (Wildman–Crippen MR) is 190 cm³/mol. The maximum absolute atomic E-state index is 14.4. The van der Waals surface area contributed by atoms with Gasteiger partial charge < -0.3 is 29.1 Å². The summed E-state index contributed by atoms with van der Waals surface area (Å²) >= 11 is 0. The molecule has 284 valence electrons. The molecule has 8 rings (SSSR count). The number of rotatable bonds is 7. The number of benzene rings is 1. The number of amides is 4. The summed E-state index contributed by atoms with van der Waals surface area (Å²) in [5, 5.41) is 5.30. The van der Waals surface area contributed by atoms with Crippen molar-refractivity contribution in [3.63, 3.8) is 0 Å². The van der Waals surface area contributed by atoms with Gasteiger partial charge in [-0.2, -0.15) is 4.98 Å². The molecule has 0 bridgehead atoms. The SMILES string of the molecule is CC(=O)N[C@H]1CCCCCC=C[C@@H]2C[C@@]2(C(=O)NS(=O)(=O)C2CC2)NC(=O)[C@@H]2C[C@@H](Oc3nc(-c4ccco4)nc4c3oc3ccc(F)cc34)CN2C1=O. The molecule has 4 aromatic rings. The molecule has 3 fully saturated rings. The van der Waals surface area contributed by atoms with Crippen molar-refractivity contribution in [3.8, 4) is 17.5 Å². The lowest BCUT2D eigenvalue weighted by molar-refractivity contribution is -0.142. The number of hydrogen-bond donors (Lipinski definition) is 3. The first-order chi connectivity index (χ1) is 25.9. The van der Waals surface area contributed by atoms with E-state index < -0.39 is 74.4 Å². The highest BCUT2D eigenvalue weighted by Crippen LogP contribution is 2.46. The van der Waals surface area contributed by atoms with Gasteiger partial charge in [0.25, 0.3) is 11.8 Å². The van der Waals surface area contributed by atoms with Gasteiger partial charge in [0, 0.05) is 24.6 Å². The number of fused-ring (bicyclic) bond motifs is 5. The molecular weight excluding hydrogens is 724 g/mol. The second kappa shape index (κ2) is 13.8. The summed E-state index contributed by atoms with van der Waals surface area (Å²) < 4.78 is 60.2. The number of nitrogens with one attached hydrogen (secondary N) is 3. The van der Waals surface area contributed by atoms with E-state index >= 15 is 0 Å². The summed E-state index contributed by atoms with van der Waals surface area (Å²) in [4.78, 5) is 65.1. The smallest absolute Gasteiger partial charge is 0.262 e. The van der Waals surface area contributed by atoms with E-state index in [1.807, 2.05) is 12.2 Å². The molecule has 3 N–H and O–H groups in total. The highest BCUT2D eigenvalue weighted by molar-refractivity contribution is 7.91. The first-order valence-electron chi connectivity index (χ1n) is 18.1. The fraction of sp³-hybridized carbons (Fsp3) is 0.459. The molecule has 1 aromatic carbocycles. The van der Waals surface area contributed by atoms with Crippen LogP contribution < -0.4 is 20.1 Å². The average molecular weight is 763 g/mol. The van der Waals surface area contributed by atoms with Gasteiger partial charge in [0.1, 0.15) is 40.6 Å². The van der Waals surface area contributed by atoms with Crippen LogP contribution in [0.3, 0.4) is 0 Å². The van der Waals surface area contributed by atoms with Crippen molar-refractivity contribution >= 4 is 55.7 Å². The zero-order valence-electron chi connectivity index (χ0n) is 29.4. The van der Waals surface area contributed by atoms with Crippen LogP contribution in [-0.2, 0) is 29.2 Å². The molecule has 4 aliphatic rings. The molecule has 0 unspecified atom stereocenters.